The van der Waals surface area contributed by atoms with Crippen LogP contribution in [0.5, 0.6) is 0 Å². The molecule has 1 aliphatic heterocycles. The van der Waals surface area contributed by atoms with Crippen LogP contribution in [0.4, 0.5) is 5.82 Å². The van der Waals surface area contributed by atoms with Crippen molar-refractivity contribution in [1.82, 2.24) is 9.97 Å². The third kappa shape index (κ3) is 2.14. The average molecular weight is 342 g/mol. The molecule has 2 aromatic heterocycles. The molecule has 21 heavy (non-hydrogen) atoms. The van der Waals surface area contributed by atoms with E-state index in [0.717, 1.165) is 35.5 Å². The van der Waals surface area contributed by atoms with E-state index in [1.54, 1.807) is 0 Å². The highest BCUT2D eigenvalue weighted by Gasteiger charge is 2.21. The molecule has 0 radical (unpaired) electrons. The van der Waals surface area contributed by atoms with Crippen molar-refractivity contribution in [3.8, 4) is 0 Å². The van der Waals surface area contributed by atoms with Gasteiger partial charge in [0.25, 0.3) is 0 Å². The van der Waals surface area contributed by atoms with Crippen LogP contribution in [-0.2, 0) is 13.0 Å². The van der Waals surface area contributed by atoms with Crippen molar-refractivity contribution >= 4 is 32.7 Å². The SMILES string of the molecule is Cc1nc(N2CCc3c([nH]c4ccccc34)C2)ccc1Br. The van der Waals surface area contributed by atoms with Gasteiger partial charge >= 0.3 is 0 Å². The van der Waals surface area contributed by atoms with E-state index in [1.807, 2.05) is 6.92 Å². The molecule has 0 atom stereocenters. The molecular formula is C17H16BrN3. The number of aryl methyl sites for hydroxylation is 1. The monoisotopic (exact) mass is 341 g/mol. The molecule has 0 aliphatic carbocycles. The van der Waals surface area contributed by atoms with Crippen LogP contribution in [-0.4, -0.2) is 16.5 Å². The number of anilines is 1. The molecule has 0 fully saturated rings. The lowest BCUT2D eigenvalue weighted by Gasteiger charge is -2.28. The number of halogens is 1. The summed E-state index contributed by atoms with van der Waals surface area (Å²) in [7, 11) is 0. The second-order valence-electron chi connectivity index (χ2n) is 5.54. The van der Waals surface area contributed by atoms with Crippen molar-refractivity contribution in [3.05, 3.63) is 57.8 Å². The van der Waals surface area contributed by atoms with Gasteiger partial charge in [-0.05, 0) is 53.0 Å². The van der Waals surface area contributed by atoms with Gasteiger partial charge in [-0.3, -0.25) is 0 Å². The summed E-state index contributed by atoms with van der Waals surface area (Å²) in [6.07, 6.45) is 1.07. The van der Waals surface area contributed by atoms with E-state index >= 15 is 0 Å². The summed E-state index contributed by atoms with van der Waals surface area (Å²) in [6, 6.07) is 12.7. The molecule has 0 spiro atoms. The minimum atomic E-state index is 0.901. The summed E-state index contributed by atoms with van der Waals surface area (Å²) in [5, 5.41) is 1.37. The van der Waals surface area contributed by atoms with Crippen molar-refractivity contribution in [2.75, 3.05) is 11.4 Å². The van der Waals surface area contributed by atoms with Crippen LogP contribution in [0.15, 0.2) is 40.9 Å². The number of aromatic amines is 1. The molecule has 0 unspecified atom stereocenters. The number of hydrogen-bond acceptors (Lipinski definition) is 2. The van der Waals surface area contributed by atoms with Gasteiger partial charge in [-0.25, -0.2) is 4.98 Å². The van der Waals surface area contributed by atoms with Crippen molar-refractivity contribution in [2.24, 2.45) is 0 Å². The van der Waals surface area contributed by atoms with Gasteiger partial charge in [0.1, 0.15) is 5.82 Å². The quantitative estimate of drug-likeness (QED) is 0.719. The number of rotatable bonds is 1. The Balaban J connectivity index is 1.71. The first-order valence-corrected chi connectivity index (χ1v) is 7.98. The zero-order valence-electron chi connectivity index (χ0n) is 11.9. The van der Waals surface area contributed by atoms with Gasteiger partial charge in [-0.1, -0.05) is 18.2 Å². The lowest BCUT2D eigenvalue weighted by atomic mass is 10.0. The Morgan fingerprint density at radius 3 is 2.90 bits per heavy atom. The molecule has 0 bridgehead atoms. The zero-order chi connectivity index (χ0) is 14.4. The van der Waals surface area contributed by atoms with Gasteiger partial charge in [0.2, 0.25) is 0 Å². The predicted octanol–water partition coefficient (Wildman–Crippen LogP) is 4.20. The largest absolute Gasteiger partial charge is 0.357 e. The first-order valence-electron chi connectivity index (χ1n) is 7.19. The molecule has 3 nitrogen and oxygen atoms in total. The van der Waals surface area contributed by atoms with Gasteiger partial charge in [-0.2, -0.15) is 0 Å². The van der Waals surface area contributed by atoms with E-state index in [9.17, 15) is 0 Å². The Bertz CT molecular complexity index is 822. The molecule has 1 aliphatic rings. The first kappa shape index (κ1) is 12.9. The minimum absolute atomic E-state index is 0.901. The summed E-state index contributed by atoms with van der Waals surface area (Å²) < 4.78 is 1.06. The normalized spacial score (nSPS) is 14.5. The van der Waals surface area contributed by atoms with Gasteiger partial charge < -0.3 is 9.88 Å². The summed E-state index contributed by atoms with van der Waals surface area (Å²) >= 11 is 3.52. The first-order chi connectivity index (χ1) is 10.2. The van der Waals surface area contributed by atoms with E-state index in [-0.39, 0.29) is 0 Å². The maximum atomic E-state index is 4.69. The molecule has 1 aromatic carbocycles. The maximum absolute atomic E-state index is 4.69. The number of pyridine rings is 1. The minimum Gasteiger partial charge on any atom is -0.357 e. The Morgan fingerprint density at radius 2 is 2.05 bits per heavy atom. The van der Waals surface area contributed by atoms with Gasteiger partial charge in [0, 0.05) is 27.6 Å². The van der Waals surface area contributed by atoms with Gasteiger partial charge in [0.15, 0.2) is 0 Å². The summed E-state index contributed by atoms with van der Waals surface area (Å²) in [5.74, 6) is 1.06. The van der Waals surface area contributed by atoms with Crippen LogP contribution in [0.1, 0.15) is 17.0 Å². The average Bonchev–Trinajstić information content (AvgIpc) is 2.87. The molecule has 4 heteroatoms. The molecule has 0 saturated carbocycles. The van der Waals surface area contributed by atoms with Crippen molar-refractivity contribution in [3.63, 3.8) is 0 Å². The van der Waals surface area contributed by atoms with Crippen LogP contribution in [0.3, 0.4) is 0 Å². The third-order valence-corrected chi connectivity index (χ3v) is 5.05. The second-order valence-corrected chi connectivity index (χ2v) is 6.39. The standard InChI is InChI=1S/C17H16BrN3/c1-11-14(18)6-7-17(19-11)21-9-8-13-12-4-2-3-5-15(12)20-16(13)10-21/h2-7,20H,8-10H2,1H3. The summed E-state index contributed by atoms with van der Waals surface area (Å²) in [5.41, 5.74) is 5.07. The van der Waals surface area contributed by atoms with Gasteiger partial charge in [-0.15, -0.1) is 0 Å². The molecule has 106 valence electrons. The predicted molar refractivity (Wildman–Crippen MR) is 89.7 cm³/mol. The van der Waals surface area contributed by atoms with Crippen molar-refractivity contribution < 1.29 is 0 Å². The Kier molecular flexibility index (Phi) is 3.00. The highest BCUT2D eigenvalue weighted by atomic mass is 79.9. The van der Waals surface area contributed by atoms with Crippen LogP contribution < -0.4 is 4.90 Å². The maximum Gasteiger partial charge on any atom is 0.129 e. The van der Waals surface area contributed by atoms with E-state index in [4.69, 9.17) is 0 Å². The molecule has 4 rings (SSSR count). The number of hydrogen-bond donors (Lipinski definition) is 1. The van der Waals surface area contributed by atoms with E-state index in [2.05, 4.69) is 67.2 Å². The fourth-order valence-corrected chi connectivity index (χ4v) is 3.32. The van der Waals surface area contributed by atoms with E-state index in [0.29, 0.717) is 0 Å². The second kappa shape index (κ2) is 4.88. The fraction of sp³-hybridized carbons (Fsp3) is 0.235. The highest BCUT2D eigenvalue weighted by molar-refractivity contribution is 9.10. The number of para-hydroxylation sites is 1. The fourth-order valence-electron chi connectivity index (χ4n) is 3.10. The van der Waals surface area contributed by atoms with E-state index < -0.39 is 0 Å². The number of benzene rings is 1. The number of nitrogens with zero attached hydrogens (tertiary/aromatic N) is 2. The smallest absolute Gasteiger partial charge is 0.129 e. The lowest BCUT2D eigenvalue weighted by Crippen LogP contribution is -2.30. The number of fused-ring (bicyclic) bond motifs is 3. The zero-order valence-corrected chi connectivity index (χ0v) is 13.4. The Morgan fingerprint density at radius 1 is 1.19 bits per heavy atom. The number of aromatic nitrogens is 2. The molecule has 0 saturated heterocycles. The molecule has 0 amide bonds. The third-order valence-electron chi connectivity index (χ3n) is 4.21. The molecular weight excluding hydrogens is 326 g/mol. The summed E-state index contributed by atoms with van der Waals surface area (Å²) in [4.78, 5) is 10.6. The Labute approximate surface area is 132 Å². The van der Waals surface area contributed by atoms with Crippen molar-refractivity contribution in [1.29, 1.82) is 0 Å². The van der Waals surface area contributed by atoms with Crippen molar-refractivity contribution in [2.45, 2.75) is 19.9 Å². The molecule has 3 heterocycles. The summed E-state index contributed by atoms with van der Waals surface area (Å²) in [6.45, 7) is 3.95. The van der Waals surface area contributed by atoms with E-state index in [1.165, 1.54) is 22.2 Å². The topological polar surface area (TPSA) is 31.9 Å². The lowest BCUT2D eigenvalue weighted by molar-refractivity contribution is 0.712. The molecule has 3 aromatic rings. The van der Waals surface area contributed by atoms with Gasteiger partial charge in [0.05, 0.1) is 12.2 Å². The highest BCUT2D eigenvalue weighted by Crippen LogP contribution is 2.29. The van der Waals surface area contributed by atoms with Crippen LogP contribution >= 0.6 is 15.9 Å². The molecule has 1 N–H and O–H groups in total. The van der Waals surface area contributed by atoms with Crippen LogP contribution in [0.2, 0.25) is 0 Å². The van der Waals surface area contributed by atoms with Crippen LogP contribution in [0, 0.1) is 6.92 Å². The Hall–Kier alpha value is -1.81. The number of nitrogens with one attached hydrogen (secondary N) is 1. The number of H-pyrrole nitrogens is 1. The van der Waals surface area contributed by atoms with Crippen LogP contribution in [0.25, 0.3) is 10.9 Å².